The normalized spacial score (nSPS) is 28.8. The van der Waals surface area contributed by atoms with Crippen molar-refractivity contribution in [1.29, 1.82) is 0 Å². The molecule has 3 rings (SSSR count). The summed E-state index contributed by atoms with van der Waals surface area (Å²) >= 11 is 0. The van der Waals surface area contributed by atoms with E-state index < -0.39 is 11.9 Å². The first kappa shape index (κ1) is 17.4. The Balaban J connectivity index is 1.60. The van der Waals surface area contributed by atoms with E-state index >= 15 is 0 Å². The van der Waals surface area contributed by atoms with Gasteiger partial charge in [0.05, 0.1) is 12.4 Å². The van der Waals surface area contributed by atoms with Gasteiger partial charge in [0, 0.05) is 31.2 Å². The second-order valence-corrected chi connectivity index (χ2v) is 6.76. The van der Waals surface area contributed by atoms with Crippen LogP contribution in [0, 0.1) is 0 Å². The monoisotopic (exact) mass is 343 g/mol. The Morgan fingerprint density at radius 3 is 2.54 bits per heavy atom. The first-order valence-electron chi connectivity index (χ1n) is 8.59. The number of nitrogens with one attached hydrogen (secondary N) is 1. The fourth-order valence-corrected chi connectivity index (χ4v) is 3.62. The Hall–Kier alpha value is -1.41. The van der Waals surface area contributed by atoms with E-state index in [1.807, 2.05) is 4.90 Å². The summed E-state index contributed by atoms with van der Waals surface area (Å²) < 4.78 is 37.7. The number of halogens is 3. The van der Waals surface area contributed by atoms with Crippen molar-refractivity contribution in [1.82, 2.24) is 15.3 Å². The van der Waals surface area contributed by atoms with Crippen LogP contribution in [0.5, 0.6) is 0 Å². The van der Waals surface area contributed by atoms with E-state index in [1.54, 1.807) is 0 Å². The summed E-state index contributed by atoms with van der Waals surface area (Å²) in [5.74, 6) is 0.502. The first-order valence-corrected chi connectivity index (χ1v) is 8.59. The molecule has 134 valence electrons. The van der Waals surface area contributed by atoms with Gasteiger partial charge in [0.2, 0.25) is 0 Å². The lowest BCUT2D eigenvalue weighted by Gasteiger charge is -2.38. The third kappa shape index (κ3) is 4.16. The third-order valence-electron chi connectivity index (χ3n) is 4.94. The molecule has 0 bridgehead atoms. The maximum Gasteiger partial charge on any atom is 0.434 e. The van der Waals surface area contributed by atoms with Crippen LogP contribution in [-0.2, 0) is 6.18 Å². The van der Waals surface area contributed by atoms with Crippen LogP contribution < -0.4 is 16.0 Å². The number of hydrogen-bond donors (Lipinski definition) is 2. The van der Waals surface area contributed by atoms with Gasteiger partial charge < -0.3 is 16.0 Å². The van der Waals surface area contributed by atoms with E-state index in [-0.39, 0.29) is 12.1 Å². The molecule has 1 aliphatic heterocycles. The molecule has 3 N–H and O–H groups in total. The van der Waals surface area contributed by atoms with Gasteiger partial charge in [-0.3, -0.25) is 0 Å². The standard InChI is InChI=1S/C16H24F3N5/c17-16(18,19)14-8-22-15(9-21-14)24-7-3-4-11(10-24)23-13-6-2-1-5-12(13)20/h8-9,11-13,23H,1-7,10,20H2/t11-,12+,13+/m0/s1. The van der Waals surface area contributed by atoms with E-state index in [0.29, 0.717) is 11.9 Å². The number of alkyl halides is 3. The summed E-state index contributed by atoms with van der Waals surface area (Å²) in [5, 5.41) is 3.65. The minimum absolute atomic E-state index is 0.194. The van der Waals surface area contributed by atoms with Crippen molar-refractivity contribution in [3.05, 3.63) is 18.1 Å². The van der Waals surface area contributed by atoms with Gasteiger partial charge >= 0.3 is 6.18 Å². The lowest BCUT2D eigenvalue weighted by Crippen LogP contribution is -2.55. The fraction of sp³-hybridized carbons (Fsp3) is 0.750. The molecular formula is C16H24F3N5. The number of aromatic nitrogens is 2. The lowest BCUT2D eigenvalue weighted by molar-refractivity contribution is -0.141. The number of nitrogens with two attached hydrogens (primary N) is 1. The quantitative estimate of drug-likeness (QED) is 0.882. The molecule has 1 saturated carbocycles. The molecule has 1 aliphatic carbocycles. The van der Waals surface area contributed by atoms with Crippen molar-refractivity contribution in [2.24, 2.45) is 5.73 Å². The number of rotatable bonds is 3. The lowest BCUT2D eigenvalue weighted by atomic mass is 9.90. The van der Waals surface area contributed by atoms with E-state index in [9.17, 15) is 13.2 Å². The van der Waals surface area contributed by atoms with Crippen LogP contribution in [0.25, 0.3) is 0 Å². The van der Waals surface area contributed by atoms with Crippen LogP contribution in [0.15, 0.2) is 12.4 Å². The zero-order chi connectivity index (χ0) is 17.2. The molecule has 1 aromatic rings. The highest BCUT2D eigenvalue weighted by molar-refractivity contribution is 5.37. The summed E-state index contributed by atoms with van der Waals surface area (Å²) in [6.07, 6.45) is 4.14. The highest BCUT2D eigenvalue weighted by Gasteiger charge is 2.33. The molecule has 24 heavy (non-hydrogen) atoms. The zero-order valence-electron chi connectivity index (χ0n) is 13.6. The molecule has 0 aromatic carbocycles. The maximum atomic E-state index is 12.6. The second kappa shape index (κ2) is 7.23. The summed E-state index contributed by atoms with van der Waals surface area (Å²) in [4.78, 5) is 9.47. The fourth-order valence-electron chi connectivity index (χ4n) is 3.62. The van der Waals surface area contributed by atoms with Gasteiger partial charge in [0.1, 0.15) is 5.82 Å². The van der Waals surface area contributed by atoms with Gasteiger partial charge in [0.15, 0.2) is 5.69 Å². The first-order chi connectivity index (χ1) is 11.4. The molecule has 2 heterocycles. The number of anilines is 1. The van der Waals surface area contributed by atoms with Gasteiger partial charge in [-0.15, -0.1) is 0 Å². The number of nitrogens with zero attached hydrogens (tertiary/aromatic N) is 3. The van der Waals surface area contributed by atoms with Crippen LogP contribution in [0.3, 0.4) is 0 Å². The topological polar surface area (TPSA) is 67.1 Å². The average molecular weight is 343 g/mol. The zero-order valence-corrected chi connectivity index (χ0v) is 13.6. The summed E-state index contributed by atoms with van der Waals surface area (Å²) in [5.41, 5.74) is 5.24. The molecule has 0 spiro atoms. The van der Waals surface area contributed by atoms with E-state index in [0.717, 1.165) is 45.0 Å². The van der Waals surface area contributed by atoms with Gasteiger partial charge in [-0.25, -0.2) is 9.97 Å². The minimum Gasteiger partial charge on any atom is -0.354 e. The predicted molar refractivity (Wildman–Crippen MR) is 85.6 cm³/mol. The summed E-state index contributed by atoms with van der Waals surface area (Å²) in [6.45, 7) is 1.51. The molecule has 0 radical (unpaired) electrons. The van der Waals surface area contributed by atoms with Gasteiger partial charge in [-0.2, -0.15) is 13.2 Å². The van der Waals surface area contributed by atoms with E-state index in [4.69, 9.17) is 5.73 Å². The largest absolute Gasteiger partial charge is 0.434 e. The summed E-state index contributed by atoms with van der Waals surface area (Å²) in [7, 11) is 0. The van der Waals surface area contributed by atoms with Crippen molar-refractivity contribution < 1.29 is 13.2 Å². The Labute approximate surface area is 139 Å². The Morgan fingerprint density at radius 1 is 1.08 bits per heavy atom. The van der Waals surface area contributed by atoms with E-state index in [2.05, 4.69) is 15.3 Å². The molecule has 8 heteroatoms. The highest BCUT2D eigenvalue weighted by Crippen LogP contribution is 2.28. The molecule has 5 nitrogen and oxygen atoms in total. The SMILES string of the molecule is N[C@@H]1CCCC[C@H]1N[C@H]1CCCN(c2cnc(C(F)(F)F)cn2)C1. The average Bonchev–Trinajstić information content (AvgIpc) is 2.57. The van der Waals surface area contributed by atoms with Crippen LogP contribution in [0.2, 0.25) is 0 Å². The van der Waals surface area contributed by atoms with Crippen LogP contribution in [0.1, 0.15) is 44.2 Å². The van der Waals surface area contributed by atoms with Crippen molar-refractivity contribution >= 4 is 5.82 Å². The van der Waals surface area contributed by atoms with Crippen LogP contribution >= 0.6 is 0 Å². The Bertz CT molecular complexity index is 534. The molecule has 3 atom stereocenters. The molecule has 1 saturated heterocycles. The van der Waals surface area contributed by atoms with Gasteiger partial charge in [0.25, 0.3) is 0 Å². The van der Waals surface area contributed by atoms with Gasteiger partial charge in [-0.05, 0) is 25.7 Å². The highest BCUT2D eigenvalue weighted by atomic mass is 19.4. The smallest absolute Gasteiger partial charge is 0.354 e. The van der Waals surface area contributed by atoms with Gasteiger partial charge in [-0.1, -0.05) is 12.8 Å². The summed E-state index contributed by atoms with van der Waals surface area (Å²) in [6, 6.07) is 0.819. The maximum absolute atomic E-state index is 12.6. The van der Waals surface area contributed by atoms with Crippen molar-refractivity contribution in [3.63, 3.8) is 0 Å². The van der Waals surface area contributed by atoms with Crippen molar-refractivity contribution in [2.75, 3.05) is 18.0 Å². The van der Waals surface area contributed by atoms with Crippen molar-refractivity contribution in [3.8, 4) is 0 Å². The minimum atomic E-state index is -4.45. The second-order valence-electron chi connectivity index (χ2n) is 6.76. The van der Waals surface area contributed by atoms with Crippen LogP contribution in [0.4, 0.5) is 19.0 Å². The number of piperidine rings is 1. The molecule has 2 fully saturated rings. The third-order valence-corrected chi connectivity index (χ3v) is 4.94. The van der Waals surface area contributed by atoms with Crippen LogP contribution in [-0.4, -0.2) is 41.2 Å². The predicted octanol–water partition coefficient (Wildman–Crippen LogP) is 2.32. The molecular weight excluding hydrogens is 319 g/mol. The molecule has 0 unspecified atom stereocenters. The van der Waals surface area contributed by atoms with E-state index in [1.165, 1.54) is 19.0 Å². The molecule has 2 aliphatic rings. The number of hydrogen-bond acceptors (Lipinski definition) is 5. The molecule has 0 amide bonds. The Morgan fingerprint density at radius 2 is 1.88 bits per heavy atom. The van der Waals surface area contributed by atoms with Crippen molar-refractivity contribution in [2.45, 2.75) is 62.8 Å². The Kier molecular flexibility index (Phi) is 5.24. The molecule has 1 aromatic heterocycles.